The molecule has 0 atom stereocenters. The average molecular weight is 409 g/mol. The average Bonchev–Trinajstić information content (AvgIpc) is 2.71. The van der Waals surface area contributed by atoms with E-state index in [9.17, 15) is 14.0 Å². The van der Waals surface area contributed by atoms with Crippen molar-refractivity contribution in [1.82, 2.24) is 25.6 Å². The molecule has 3 rings (SSSR count). The van der Waals surface area contributed by atoms with Crippen LogP contribution in [0.4, 0.5) is 9.18 Å². The number of hydrogen-bond donors (Lipinski definition) is 3. The highest BCUT2D eigenvalue weighted by Crippen LogP contribution is 2.22. The minimum absolute atomic E-state index is 0.134. The summed E-state index contributed by atoms with van der Waals surface area (Å²) in [5.74, 6) is -0.788. The second-order valence-corrected chi connectivity index (χ2v) is 7.26. The Hall–Kier alpha value is -3.88. The summed E-state index contributed by atoms with van der Waals surface area (Å²) in [5, 5.41) is 13.9. The van der Waals surface area contributed by atoms with Crippen LogP contribution in [0.25, 0.3) is 22.5 Å². The summed E-state index contributed by atoms with van der Waals surface area (Å²) in [7, 11) is 0. The van der Waals surface area contributed by atoms with E-state index in [-0.39, 0.29) is 12.5 Å². The molecule has 0 radical (unpaired) electrons. The quantitative estimate of drug-likeness (QED) is 0.576. The molecule has 0 fully saturated rings. The maximum atomic E-state index is 13.4. The highest BCUT2D eigenvalue weighted by Gasteiger charge is 2.21. The highest BCUT2D eigenvalue weighted by atomic mass is 19.1. The van der Waals surface area contributed by atoms with Gasteiger partial charge in [-0.2, -0.15) is 0 Å². The summed E-state index contributed by atoms with van der Waals surface area (Å²) in [6, 6.07) is 8.07. The minimum atomic E-state index is -1.16. The van der Waals surface area contributed by atoms with Crippen molar-refractivity contribution in [3.63, 3.8) is 0 Å². The SMILES string of the molecule is CC(C)(CNC(=O)c1ccc(-c2cncc(-c3cncc(F)c3)n2)cc1)NC(=O)O. The molecule has 0 aliphatic rings. The molecule has 3 aromatic rings. The zero-order chi connectivity index (χ0) is 21.7. The van der Waals surface area contributed by atoms with E-state index in [0.29, 0.717) is 22.5 Å². The van der Waals surface area contributed by atoms with Crippen LogP contribution in [-0.2, 0) is 0 Å². The summed E-state index contributed by atoms with van der Waals surface area (Å²) >= 11 is 0. The first kappa shape index (κ1) is 20.8. The topological polar surface area (TPSA) is 117 Å². The fourth-order valence-corrected chi connectivity index (χ4v) is 2.73. The number of pyridine rings is 1. The van der Waals surface area contributed by atoms with Crippen molar-refractivity contribution < 1.29 is 19.1 Å². The lowest BCUT2D eigenvalue weighted by atomic mass is 10.1. The largest absolute Gasteiger partial charge is 0.465 e. The van der Waals surface area contributed by atoms with Crippen molar-refractivity contribution in [3.8, 4) is 22.5 Å². The van der Waals surface area contributed by atoms with Gasteiger partial charge >= 0.3 is 6.09 Å². The monoisotopic (exact) mass is 409 g/mol. The van der Waals surface area contributed by atoms with Gasteiger partial charge in [-0.25, -0.2) is 14.2 Å². The number of aromatic nitrogens is 3. The lowest BCUT2D eigenvalue weighted by molar-refractivity contribution is 0.0940. The number of halogens is 1. The third-order valence-corrected chi connectivity index (χ3v) is 4.21. The zero-order valence-electron chi connectivity index (χ0n) is 16.4. The standard InChI is InChI=1S/C21H20FN5O3/c1-21(2,27-20(29)30)12-25-19(28)14-5-3-13(4-6-14)17-10-24-11-18(26-17)15-7-16(22)9-23-8-15/h3-11,27H,12H2,1-2H3,(H,25,28)(H,29,30). The van der Waals surface area contributed by atoms with E-state index in [1.165, 1.54) is 18.5 Å². The van der Waals surface area contributed by atoms with Gasteiger partial charge in [-0.15, -0.1) is 0 Å². The Morgan fingerprint density at radius 3 is 2.27 bits per heavy atom. The smallest absolute Gasteiger partial charge is 0.405 e. The number of carbonyl (C=O) groups is 2. The molecule has 0 unspecified atom stereocenters. The normalized spacial score (nSPS) is 11.0. The number of nitrogens with zero attached hydrogens (tertiary/aromatic N) is 3. The lowest BCUT2D eigenvalue weighted by Crippen LogP contribution is -2.51. The van der Waals surface area contributed by atoms with Crippen molar-refractivity contribution >= 4 is 12.0 Å². The van der Waals surface area contributed by atoms with Gasteiger partial charge < -0.3 is 15.7 Å². The van der Waals surface area contributed by atoms with Crippen LogP contribution in [0.1, 0.15) is 24.2 Å². The van der Waals surface area contributed by atoms with Gasteiger partial charge in [-0.05, 0) is 32.0 Å². The number of rotatable bonds is 6. The Morgan fingerprint density at radius 1 is 1.00 bits per heavy atom. The van der Waals surface area contributed by atoms with Gasteiger partial charge in [0.1, 0.15) is 5.82 Å². The second-order valence-electron chi connectivity index (χ2n) is 7.26. The molecule has 3 N–H and O–H groups in total. The fraction of sp³-hybridized carbons (Fsp3) is 0.190. The van der Waals surface area contributed by atoms with Gasteiger partial charge in [0.05, 0.1) is 35.5 Å². The van der Waals surface area contributed by atoms with Crippen molar-refractivity contribution in [2.24, 2.45) is 0 Å². The summed E-state index contributed by atoms with van der Waals surface area (Å²) < 4.78 is 13.4. The van der Waals surface area contributed by atoms with Crippen LogP contribution in [-0.4, -0.2) is 44.1 Å². The summed E-state index contributed by atoms with van der Waals surface area (Å²) in [6.45, 7) is 3.48. The molecule has 0 saturated heterocycles. The van der Waals surface area contributed by atoms with E-state index in [2.05, 4.69) is 25.6 Å². The summed E-state index contributed by atoms with van der Waals surface area (Å²) in [4.78, 5) is 35.6. The Morgan fingerprint density at radius 2 is 1.63 bits per heavy atom. The van der Waals surface area contributed by atoms with Gasteiger partial charge in [-0.1, -0.05) is 12.1 Å². The third-order valence-electron chi connectivity index (χ3n) is 4.21. The predicted molar refractivity (Wildman–Crippen MR) is 108 cm³/mol. The van der Waals surface area contributed by atoms with E-state index in [4.69, 9.17) is 5.11 Å². The number of nitrogens with one attached hydrogen (secondary N) is 2. The van der Waals surface area contributed by atoms with E-state index < -0.39 is 17.4 Å². The van der Waals surface area contributed by atoms with Gasteiger partial charge in [0.2, 0.25) is 0 Å². The molecule has 2 heterocycles. The van der Waals surface area contributed by atoms with Gasteiger partial charge in [0, 0.05) is 29.4 Å². The first-order chi connectivity index (χ1) is 14.2. The molecule has 9 heteroatoms. The van der Waals surface area contributed by atoms with E-state index in [0.717, 1.165) is 11.8 Å². The van der Waals surface area contributed by atoms with E-state index in [1.807, 2.05) is 0 Å². The van der Waals surface area contributed by atoms with Crippen molar-refractivity contribution in [1.29, 1.82) is 0 Å². The third kappa shape index (κ3) is 5.34. The van der Waals surface area contributed by atoms with Gasteiger partial charge in [0.15, 0.2) is 0 Å². The van der Waals surface area contributed by atoms with E-state index >= 15 is 0 Å². The molecule has 1 aromatic carbocycles. The van der Waals surface area contributed by atoms with Crippen LogP contribution >= 0.6 is 0 Å². The van der Waals surface area contributed by atoms with Crippen LogP contribution in [0.3, 0.4) is 0 Å². The molecular weight excluding hydrogens is 389 g/mol. The Kier molecular flexibility index (Phi) is 6.01. The summed E-state index contributed by atoms with van der Waals surface area (Å²) in [6.07, 6.45) is 4.56. The van der Waals surface area contributed by atoms with Crippen LogP contribution in [0, 0.1) is 5.82 Å². The molecule has 0 aliphatic carbocycles. The van der Waals surface area contributed by atoms with Crippen molar-refractivity contribution in [2.75, 3.05) is 6.54 Å². The number of amides is 2. The first-order valence-corrected chi connectivity index (χ1v) is 9.06. The Bertz CT molecular complexity index is 1070. The first-order valence-electron chi connectivity index (χ1n) is 9.06. The molecular formula is C21H20FN5O3. The molecule has 0 spiro atoms. The minimum Gasteiger partial charge on any atom is -0.465 e. The molecule has 0 bridgehead atoms. The highest BCUT2D eigenvalue weighted by molar-refractivity contribution is 5.94. The predicted octanol–water partition coefficient (Wildman–Crippen LogP) is 3.12. The fourth-order valence-electron chi connectivity index (χ4n) is 2.73. The van der Waals surface area contributed by atoms with E-state index in [1.54, 1.807) is 44.3 Å². The van der Waals surface area contributed by atoms with Gasteiger partial charge in [0.25, 0.3) is 5.91 Å². The van der Waals surface area contributed by atoms with Crippen LogP contribution in [0.15, 0.2) is 55.1 Å². The molecule has 8 nitrogen and oxygen atoms in total. The molecule has 0 aliphatic heterocycles. The number of carbonyl (C=O) groups excluding carboxylic acids is 1. The number of benzene rings is 1. The molecule has 0 saturated carbocycles. The second kappa shape index (κ2) is 8.64. The van der Waals surface area contributed by atoms with Crippen LogP contribution in [0.2, 0.25) is 0 Å². The van der Waals surface area contributed by atoms with Crippen molar-refractivity contribution in [3.05, 3.63) is 66.5 Å². The summed E-state index contributed by atoms with van der Waals surface area (Å²) in [5.41, 5.74) is 1.91. The maximum Gasteiger partial charge on any atom is 0.405 e. The number of hydrogen-bond acceptors (Lipinski definition) is 5. The Balaban J connectivity index is 1.72. The maximum absolute atomic E-state index is 13.4. The molecule has 2 aromatic heterocycles. The van der Waals surface area contributed by atoms with Crippen LogP contribution in [0.5, 0.6) is 0 Å². The lowest BCUT2D eigenvalue weighted by Gasteiger charge is -2.24. The van der Waals surface area contributed by atoms with Gasteiger partial charge in [-0.3, -0.25) is 14.8 Å². The molecule has 154 valence electrons. The Labute approximate surface area is 172 Å². The number of carboxylic acid groups (broad SMARTS) is 1. The zero-order valence-corrected chi connectivity index (χ0v) is 16.4. The molecule has 2 amide bonds. The van der Waals surface area contributed by atoms with Crippen molar-refractivity contribution in [2.45, 2.75) is 19.4 Å². The molecule has 30 heavy (non-hydrogen) atoms. The van der Waals surface area contributed by atoms with Crippen LogP contribution < -0.4 is 10.6 Å².